The van der Waals surface area contributed by atoms with E-state index < -0.39 is 5.60 Å². The summed E-state index contributed by atoms with van der Waals surface area (Å²) in [6.07, 6.45) is 0.337. The van der Waals surface area contributed by atoms with Gasteiger partial charge in [0, 0.05) is 19.6 Å². The van der Waals surface area contributed by atoms with Gasteiger partial charge < -0.3 is 14.7 Å². The number of carbonyl (C=O) groups excluding carboxylic acids is 1. The third-order valence-electron chi connectivity index (χ3n) is 3.67. The molecule has 0 radical (unpaired) electrons. The summed E-state index contributed by atoms with van der Waals surface area (Å²) in [6, 6.07) is 9.98. The van der Waals surface area contributed by atoms with Crippen molar-refractivity contribution in [3.8, 4) is 0 Å². The number of benzene rings is 1. The molecule has 2 rings (SSSR count). The number of ether oxygens (including phenoxy) is 1. The van der Waals surface area contributed by atoms with Gasteiger partial charge in [0.2, 0.25) is 0 Å². The first kappa shape index (κ1) is 14.0. The molecule has 104 valence electrons. The quantitative estimate of drug-likeness (QED) is 0.897. The number of hydrogen-bond donors (Lipinski definition) is 1. The van der Waals surface area contributed by atoms with Crippen LogP contribution in [0.1, 0.15) is 25.8 Å². The molecule has 2 unspecified atom stereocenters. The lowest BCUT2D eigenvalue weighted by Gasteiger charge is -2.43. The van der Waals surface area contributed by atoms with Crippen LogP contribution in [0, 0.1) is 0 Å². The highest BCUT2D eigenvalue weighted by molar-refractivity contribution is 5.85. The molecule has 1 amide bonds. The Bertz CT molecular complexity index is 434. The molecule has 1 heterocycles. The van der Waals surface area contributed by atoms with Crippen LogP contribution < -0.4 is 0 Å². The van der Waals surface area contributed by atoms with Crippen LogP contribution in [0.2, 0.25) is 0 Å². The number of hydrogen-bond acceptors (Lipinski definition) is 3. The molecule has 1 saturated heterocycles. The van der Waals surface area contributed by atoms with Crippen LogP contribution in [-0.4, -0.2) is 40.8 Å². The SMILES string of the molecule is CC1COC(C)(CCO)C(=O)N1Cc1ccccc1. The summed E-state index contributed by atoms with van der Waals surface area (Å²) in [5.74, 6) is -0.0378. The molecule has 0 spiro atoms. The van der Waals surface area contributed by atoms with E-state index in [4.69, 9.17) is 9.84 Å². The molecule has 1 fully saturated rings. The second-order valence-corrected chi connectivity index (χ2v) is 5.28. The fraction of sp³-hybridized carbons (Fsp3) is 0.533. The first-order chi connectivity index (χ1) is 9.07. The van der Waals surface area contributed by atoms with E-state index in [2.05, 4.69) is 0 Å². The van der Waals surface area contributed by atoms with E-state index in [0.717, 1.165) is 5.56 Å². The molecule has 1 aromatic carbocycles. The zero-order chi connectivity index (χ0) is 13.9. The Labute approximate surface area is 114 Å². The molecule has 4 heteroatoms. The van der Waals surface area contributed by atoms with E-state index in [9.17, 15) is 4.79 Å². The molecule has 1 aliphatic heterocycles. The van der Waals surface area contributed by atoms with Gasteiger partial charge in [0.1, 0.15) is 5.60 Å². The lowest BCUT2D eigenvalue weighted by atomic mass is 9.96. The van der Waals surface area contributed by atoms with E-state index in [0.29, 0.717) is 19.6 Å². The summed E-state index contributed by atoms with van der Waals surface area (Å²) < 4.78 is 5.65. The van der Waals surface area contributed by atoms with Crippen molar-refractivity contribution in [3.63, 3.8) is 0 Å². The van der Waals surface area contributed by atoms with E-state index in [1.54, 1.807) is 6.92 Å². The maximum absolute atomic E-state index is 12.5. The number of carbonyl (C=O) groups is 1. The molecule has 0 aliphatic carbocycles. The molecule has 19 heavy (non-hydrogen) atoms. The van der Waals surface area contributed by atoms with Crippen molar-refractivity contribution in [1.29, 1.82) is 0 Å². The van der Waals surface area contributed by atoms with Gasteiger partial charge in [0.25, 0.3) is 5.91 Å². The van der Waals surface area contributed by atoms with Crippen LogP contribution in [0.25, 0.3) is 0 Å². The maximum Gasteiger partial charge on any atom is 0.255 e. The van der Waals surface area contributed by atoms with E-state index in [1.807, 2.05) is 42.2 Å². The summed E-state index contributed by atoms with van der Waals surface area (Å²) >= 11 is 0. The topological polar surface area (TPSA) is 49.8 Å². The lowest BCUT2D eigenvalue weighted by molar-refractivity contribution is -0.179. The number of aliphatic hydroxyl groups is 1. The maximum atomic E-state index is 12.5. The molecule has 1 N–H and O–H groups in total. The van der Waals surface area contributed by atoms with Gasteiger partial charge in [-0.1, -0.05) is 30.3 Å². The second-order valence-electron chi connectivity index (χ2n) is 5.28. The monoisotopic (exact) mass is 263 g/mol. The molecule has 4 nitrogen and oxygen atoms in total. The Kier molecular flexibility index (Phi) is 4.22. The predicted molar refractivity (Wildman–Crippen MR) is 72.5 cm³/mol. The average molecular weight is 263 g/mol. The van der Waals surface area contributed by atoms with Crippen LogP contribution in [0.15, 0.2) is 30.3 Å². The van der Waals surface area contributed by atoms with Crippen molar-refractivity contribution >= 4 is 5.91 Å². The minimum absolute atomic E-state index is 0.0378. The molecule has 0 saturated carbocycles. The Morgan fingerprint density at radius 2 is 2.11 bits per heavy atom. The number of nitrogens with zero attached hydrogens (tertiary/aromatic N) is 1. The molecule has 1 aliphatic rings. The summed E-state index contributed by atoms with van der Waals surface area (Å²) in [4.78, 5) is 14.4. The van der Waals surface area contributed by atoms with Gasteiger partial charge in [-0.25, -0.2) is 0 Å². The fourth-order valence-corrected chi connectivity index (χ4v) is 2.36. The fourth-order valence-electron chi connectivity index (χ4n) is 2.36. The Hall–Kier alpha value is -1.39. The van der Waals surface area contributed by atoms with Crippen LogP contribution in [0.5, 0.6) is 0 Å². The standard InChI is InChI=1S/C15H21NO3/c1-12-11-19-15(2,8-9-17)14(18)16(12)10-13-6-4-3-5-7-13/h3-7,12,17H,8-11H2,1-2H3. The van der Waals surface area contributed by atoms with Crippen LogP contribution in [-0.2, 0) is 16.1 Å². The van der Waals surface area contributed by atoms with E-state index in [-0.39, 0.29) is 18.6 Å². The first-order valence-corrected chi connectivity index (χ1v) is 6.66. The largest absolute Gasteiger partial charge is 0.396 e. The van der Waals surface area contributed by atoms with Gasteiger partial charge in [0.05, 0.1) is 12.6 Å². The van der Waals surface area contributed by atoms with Gasteiger partial charge in [-0.2, -0.15) is 0 Å². The van der Waals surface area contributed by atoms with Gasteiger partial charge in [-0.3, -0.25) is 4.79 Å². The van der Waals surface area contributed by atoms with Gasteiger partial charge >= 0.3 is 0 Å². The van der Waals surface area contributed by atoms with Crippen LogP contribution >= 0.6 is 0 Å². The molecule has 0 aromatic heterocycles. The van der Waals surface area contributed by atoms with Crippen molar-refractivity contribution in [2.24, 2.45) is 0 Å². The average Bonchev–Trinajstić information content (AvgIpc) is 2.41. The Morgan fingerprint density at radius 3 is 2.74 bits per heavy atom. The molecule has 1 aromatic rings. The summed E-state index contributed by atoms with van der Waals surface area (Å²) in [6.45, 7) is 4.80. The molecular formula is C15H21NO3. The summed E-state index contributed by atoms with van der Waals surface area (Å²) in [5, 5.41) is 9.09. The van der Waals surface area contributed by atoms with Gasteiger partial charge in [-0.15, -0.1) is 0 Å². The predicted octanol–water partition coefficient (Wildman–Crippen LogP) is 1.57. The highest BCUT2D eigenvalue weighted by Gasteiger charge is 2.43. The van der Waals surface area contributed by atoms with E-state index in [1.165, 1.54) is 0 Å². The third kappa shape index (κ3) is 2.96. The second kappa shape index (κ2) is 5.72. The zero-order valence-electron chi connectivity index (χ0n) is 11.5. The van der Waals surface area contributed by atoms with Gasteiger partial charge in [-0.05, 0) is 19.4 Å². The summed E-state index contributed by atoms with van der Waals surface area (Å²) in [5.41, 5.74) is 0.215. The number of rotatable bonds is 4. The lowest BCUT2D eigenvalue weighted by Crippen LogP contribution is -2.58. The van der Waals surface area contributed by atoms with Crippen molar-refractivity contribution in [3.05, 3.63) is 35.9 Å². The normalized spacial score (nSPS) is 27.6. The summed E-state index contributed by atoms with van der Waals surface area (Å²) in [7, 11) is 0. The molecule has 0 bridgehead atoms. The van der Waals surface area contributed by atoms with Crippen molar-refractivity contribution in [1.82, 2.24) is 4.90 Å². The molecular weight excluding hydrogens is 242 g/mol. The third-order valence-corrected chi connectivity index (χ3v) is 3.67. The van der Waals surface area contributed by atoms with Crippen molar-refractivity contribution in [2.75, 3.05) is 13.2 Å². The van der Waals surface area contributed by atoms with Crippen molar-refractivity contribution < 1.29 is 14.6 Å². The van der Waals surface area contributed by atoms with Crippen LogP contribution in [0.3, 0.4) is 0 Å². The minimum Gasteiger partial charge on any atom is -0.396 e. The highest BCUT2D eigenvalue weighted by atomic mass is 16.5. The Balaban J connectivity index is 2.15. The van der Waals surface area contributed by atoms with Crippen molar-refractivity contribution in [2.45, 2.75) is 38.5 Å². The van der Waals surface area contributed by atoms with Crippen LogP contribution in [0.4, 0.5) is 0 Å². The minimum atomic E-state index is -0.893. The van der Waals surface area contributed by atoms with E-state index >= 15 is 0 Å². The molecule has 2 atom stereocenters. The number of amides is 1. The first-order valence-electron chi connectivity index (χ1n) is 6.66. The highest BCUT2D eigenvalue weighted by Crippen LogP contribution is 2.27. The number of aliphatic hydroxyl groups excluding tert-OH is 1. The number of morpholine rings is 1. The Morgan fingerprint density at radius 1 is 1.42 bits per heavy atom. The zero-order valence-corrected chi connectivity index (χ0v) is 11.5. The van der Waals surface area contributed by atoms with Gasteiger partial charge in [0.15, 0.2) is 0 Å². The smallest absolute Gasteiger partial charge is 0.255 e.